The number of sulfone groups is 1. The highest BCUT2D eigenvalue weighted by Gasteiger charge is 2.06. The van der Waals surface area contributed by atoms with Crippen LogP contribution in [0.2, 0.25) is 0 Å². The van der Waals surface area contributed by atoms with Crippen molar-refractivity contribution < 1.29 is 8.42 Å². The first kappa shape index (κ1) is 12.8. The van der Waals surface area contributed by atoms with E-state index >= 15 is 0 Å². The Morgan fingerprint density at radius 1 is 1.38 bits per heavy atom. The number of nitrogens with two attached hydrogens (primary N) is 1. The second-order valence-corrected chi connectivity index (χ2v) is 6.21. The summed E-state index contributed by atoms with van der Waals surface area (Å²) in [5, 5.41) is 3.04. The van der Waals surface area contributed by atoms with Gasteiger partial charge in [0, 0.05) is 23.7 Å². The zero-order valence-electron chi connectivity index (χ0n) is 9.66. The Kier molecular flexibility index (Phi) is 4.18. The van der Waals surface area contributed by atoms with Gasteiger partial charge in [-0.25, -0.2) is 8.42 Å². The van der Waals surface area contributed by atoms with Gasteiger partial charge in [0.1, 0.15) is 0 Å². The molecule has 1 rings (SSSR count). The Hall–Kier alpha value is -1.23. The van der Waals surface area contributed by atoms with E-state index in [9.17, 15) is 8.42 Å². The number of hydrogen-bond donors (Lipinski definition) is 2. The summed E-state index contributed by atoms with van der Waals surface area (Å²) in [6.07, 6.45) is 0. The van der Waals surface area contributed by atoms with Crippen molar-refractivity contribution in [3.05, 3.63) is 23.8 Å². The maximum absolute atomic E-state index is 11.2. The third kappa shape index (κ3) is 3.73. The summed E-state index contributed by atoms with van der Waals surface area (Å²) < 4.78 is 22.5. The van der Waals surface area contributed by atoms with Gasteiger partial charge in [-0.1, -0.05) is 13.0 Å². The maximum Gasteiger partial charge on any atom is 0.151 e. The van der Waals surface area contributed by atoms with E-state index in [4.69, 9.17) is 5.73 Å². The van der Waals surface area contributed by atoms with Crippen LogP contribution in [0.15, 0.2) is 18.2 Å². The lowest BCUT2D eigenvalue weighted by atomic mass is 10.2. The van der Waals surface area contributed by atoms with Crippen LogP contribution in [0.4, 0.5) is 11.4 Å². The van der Waals surface area contributed by atoms with Gasteiger partial charge in [-0.15, -0.1) is 0 Å². The molecule has 1 aromatic carbocycles. The number of nitrogens with one attached hydrogen (secondary N) is 1. The zero-order valence-corrected chi connectivity index (χ0v) is 10.5. The third-order valence-corrected chi connectivity index (χ3v) is 4.17. The fourth-order valence-electron chi connectivity index (χ4n) is 1.25. The fourth-order valence-corrected chi connectivity index (χ4v) is 1.95. The average molecular weight is 242 g/mol. The maximum atomic E-state index is 11.2. The van der Waals surface area contributed by atoms with Crippen LogP contribution < -0.4 is 11.1 Å². The Balaban J connectivity index is 2.53. The quantitative estimate of drug-likeness (QED) is 0.766. The molecule has 0 aromatic heterocycles. The number of anilines is 2. The number of aryl methyl sites for hydroxylation is 1. The van der Waals surface area contributed by atoms with Gasteiger partial charge in [-0.05, 0) is 24.6 Å². The van der Waals surface area contributed by atoms with Crippen LogP contribution in [0.25, 0.3) is 0 Å². The smallest absolute Gasteiger partial charge is 0.151 e. The second-order valence-electron chi connectivity index (χ2n) is 3.73. The molecule has 90 valence electrons. The van der Waals surface area contributed by atoms with Crippen LogP contribution in [0.1, 0.15) is 12.5 Å². The number of rotatable bonds is 5. The van der Waals surface area contributed by atoms with Crippen molar-refractivity contribution in [3.63, 3.8) is 0 Å². The Labute approximate surface area is 96.8 Å². The minimum atomic E-state index is -2.90. The average Bonchev–Trinajstić information content (AvgIpc) is 2.23. The highest BCUT2D eigenvalue weighted by Crippen LogP contribution is 2.16. The lowest BCUT2D eigenvalue weighted by molar-refractivity contribution is 0.597. The van der Waals surface area contributed by atoms with Gasteiger partial charge < -0.3 is 11.1 Å². The van der Waals surface area contributed by atoms with E-state index in [2.05, 4.69) is 5.32 Å². The Morgan fingerprint density at radius 3 is 2.62 bits per heavy atom. The first-order valence-corrected chi connectivity index (χ1v) is 7.07. The van der Waals surface area contributed by atoms with Gasteiger partial charge >= 0.3 is 0 Å². The van der Waals surface area contributed by atoms with Crippen molar-refractivity contribution in [2.24, 2.45) is 0 Å². The highest BCUT2D eigenvalue weighted by atomic mass is 32.2. The molecule has 3 N–H and O–H groups in total. The molecule has 0 unspecified atom stereocenters. The van der Waals surface area contributed by atoms with E-state index in [1.807, 2.05) is 25.1 Å². The molecule has 4 nitrogen and oxygen atoms in total. The highest BCUT2D eigenvalue weighted by molar-refractivity contribution is 7.91. The van der Waals surface area contributed by atoms with Gasteiger partial charge in [0.05, 0.1) is 5.75 Å². The van der Waals surface area contributed by atoms with Crippen LogP contribution in [0.5, 0.6) is 0 Å². The third-order valence-electron chi connectivity index (χ3n) is 2.46. The standard InChI is InChI=1S/C11H18N2O2S/c1-3-16(14,15)7-6-13-10-5-4-9(2)11(12)8-10/h4-5,8,13H,3,6-7,12H2,1-2H3. The van der Waals surface area contributed by atoms with Gasteiger partial charge in [0.25, 0.3) is 0 Å². The number of nitrogen functional groups attached to an aromatic ring is 1. The van der Waals surface area contributed by atoms with E-state index in [1.165, 1.54) is 0 Å². The normalized spacial score (nSPS) is 11.4. The molecular formula is C11H18N2O2S. The molecule has 0 aliphatic rings. The van der Waals surface area contributed by atoms with Crippen molar-refractivity contribution in [2.75, 3.05) is 29.1 Å². The largest absolute Gasteiger partial charge is 0.398 e. The molecule has 0 heterocycles. The van der Waals surface area contributed by atoms with E-state index < -0.39 is 9.84 Å². The van der Waals surface area contributed by atoms with Crippen molar-refractivity contribution in [1.29, 1.82) is 0 Å². The predicted octanol–water partition coefficient (Wildman–Crippen LogP) is 1.42. The molecule has 0 saturated heterocycles. The van der Waals surface area contributed by atoms with Crippen LogP contribution >= 0.6 is 0 Å². The van der Waals surface area contributed by atoms with Crippen LogP contribution in [-0.2, 0) is 9.84 Å². The lowest BCUT2D eigenvalue weighted by Crippen LogP contribution is -2.17. The van der Waals surface area contributed by atoms with Crippen molar-refractivity contribution >= 4 is 21.2 Å². The lowest BCUT2D eigenvalue weighted by Gasteiger charge is -2.08. The summed E-state index contributed by atoms with van der Waals surface area (Å²) in [7, 11) is -2.90. The summed E-state index contributed by atoms with van der Waals surface area (Å²) in [5.41, 5.74) is 8.33. The summed E-state index contributed by atoms with van der Waals surface area (Å²) in [6.45, 7) is 4.00. The van der Waals surface area contributed by atoms with Gasteiger partial charge in [-0.3, -0.25) is 0 Å². The molecule has 0 radical (unpaired) electrons. The molecule has 0 amide bonds. The number of hydrogen-bond acceptors (Lipinski definition) is 4. The molecule has 0 fully saturated rings. The minimum absolute atomic E-state index is 0.150. The summed E-state index contributed by atoms with van der Waals surface area (Å²) in [4.78, 5) is 0. The predicted molar refractivity (Wildman–Crippen MR) is 68.4 cm³/mol. The monoisotopic (exact) mass is 242 g/mol. The molecule has 0 bridgehead atoms. The van der Waals surface area contributed by atoms with Crippen LogP contribution in [-0.4, -0.2) is 26.5 Å². The molecule has 0 spiro atoms. The molecule has 16 heavy (non-hydrogen) atoms. The van der Waals surface area contributed by atoms with Gasteiger partial charge in [0.2, 0.25) is 0 Å². The van der Waals surface area contributed by atoms with Crippen molar-refractivity contribution in [3.8, 4) is 0 Å². The first-order chi connectivity index (χ1) is 7.44. The fraction of sp³-hybridized carbons (Fsp3) is 0.455. The topological polar surface area (TPSA) is 72.2 Å². The molecule has 5 heteroatoms. The summed E-state index contributed by atoms with van der Waals surface area (Å²) in [5.74, 6) is 0.335. The summed E-state index contributed by atoms with van der Waals surface area (Å²) >= 11 is 0. The van der Waals surface area contributed by atoms with E-state index in [1.54, 1.807) is 6.92 Å². The van der Waals surface area contributed by atoms with Crippen LogP contribution in [0.3, 0.4) is 0 Å². The second kappa shape index (κ2) is 5.21. The van der Waals surface area contributed by atoms with Crippen molar-refractivity contribution in [2.45, 2.75) is 13.8 Å². The molecule has 0 saturated carbocycles. The molecule has 0 atom stereocenters. The molecular weight excluding hydrogens is 224 g/mol. The van der Waals surface area contributed by atoms with Gasteiger partial charge in [-0.2, -0.15) is 0 Å². The number of benzene rings is 1. The van der Waals surface area contributed by atoms with E-state index in [0.717, 1.165) is 11.3 Å². The molecule has 0 aliphatic heterocycles. The van der Waals surface area contributed by atoms with E-state index in [-0.39, 0.29) is 11.5 Å². The van der Waals surface area contributed by atoms with E-state index in [0.29, 0.717) is 12.2 Å². The Bertz CT molecular complexity index is 455. The van der Waals surface area contributed by atoms with Gasteiger partial charge in [0.15, 0.2) is 9.84 Å². The Morgan fingerprint density at radius 2 is 2.06 bits per heavy atom. The van der Waals surface area contributed by atoms with Crippen molar-refractivity contribution in [1.82, 2.24) is 0 Å². The molecule has 1 aromatic rings. The zero-order chi connectivity index (χ0) is 12.2. The summed E-state index contributed by atoms with van der Waals surface area (Å²) in [6, 6.07) is 5.62. The first-order valence-electron chi connectivity index (χ1n) is 5.25. The van der Waals surface area contributed by atoms with Crippen LogP contribution in [0, 0.1) is 6.92 Å². The SMILES string of the molecule is CCS(=O)(=O)CCNc1ccc(C)c(N)c1. The minimum Gasteiger partial charge on any atom is -0.398 e. The molecule has 0 aliphatic carbocycles.